The zero-order valence-electron chi connectivity index (χ0n) is 19.2. The second-order valence-electron chi connectivity index (χ2n) is 8.91. The van der Waals surface area contributed by atoms with Crippen molar-refractivity contribution in [3.05, 3.63) is 64.7 Å². The second kappa shape index (κ2) is 9.65. The number of fused-ring (bicyclic) bond motifs is 1. The van der Waals surface area contributed by atoms with Gasteiger partial charge in [0.25, 0.3) is 0 Å². The monoisotopic (exact) mass is 469 g/mol. The maximum atomic E-state index is 13.1. The van der Waals surface area contributed by atoms with Crippen LogP contribution >= 0.6 is 0 Å². The van der Waals surface area contributed by atoms with Gasteiger partial charge in [0.2, 0.25) is 21.8 Å². The van der Waals surface area contributed by atoms with Crippen LogP contribution in [0.25, 0.3) is 0 Å². The summed E-state index contributed by atoms with van der Waals surface area (Å²) in [5.41, 5.74) is 4.05. The number of nitrogens with one attached hydrogen (secondary N) is 1. The fourth-order valence-electron chi connectivity index (χ4n) is 4.65. The van der Waals surface area contributed by atoms with E-state index in [4.69, 9.17) is 0 Å². The van der Waals surface area contributed by atoms with Crippen molar-refractivity contribution in [3.63, 3.8) is 0 Å². The molecule has 1 atom stereocenters. The maximum Gasteiger partial charge on any atom is 0.243 e. The predicted molar refractivity (Wildman–Crippen MR) is 126 cm³/mol. The van der Waals surface area contributed by atoms with Crippen LogP contribution in [0.4, 0.5) is 0 Å². The van der Waals surface area contributed by atoms with Crippen molar-refractivity contribution in [2.24, 2.45) is 0 Å². The summed E-state index contributed by atoms with van der Waals surface area (Å²) in [7, 11) is -3.60. The van der Waals surface area contributed by atoms with E-state index < -0.39 is 10.0 Å². The smallest absolute Gasteiger partial charge is 0.243 e. The van der Waals surface area contributed by atoms with Crippen LogP contribution in [-0.2, 0) is 26.0 Å². The van der Waals surface area contributed by atoms with Gasteiger partial charge in [-0.05, 0) is 55.0 Å². The lowest BCUT2D eigenvalue weighted by molar-refractivity contribution is -0.134. The van der Waals surface area contributed by atoms with E-state index in [1.54, 1.807) is 17.9 Å². The first-order valence-electron chi connectivity index (χ1n) is 11.5. The molecule has 0 bridgehead atoms. The summed E-state index contributed by atoms with van der Waals surface area (Å²) < 4.78 is 27.6. The Morgan fingerprint density at radius 2 is 1.73 bits per heavy atom. The number of carbonyl (C=O) groups excluding carboxylic acids is 2. The lowest BCUT2D eigenvalue weighted by atomic mass is 10.1. The summed E-state index contributed by atoms with van der Waals surface area (Å²) in [6.45, 7) is 4.85. The van der Waals surface area contributed by atoms with Gasteiger partial charge in [0, 0.05) is 39.0 Å². The van der Waals surface area contributed by atoms with Gasteiger partial charge in [0.15, 0.2) is 0 Å². The molecule has 2 aromatic carbocycles. The van der Waals surface area contributed by atoms with Crippen LogP contribution in [0.15, 0.2) is 47.4 Å². The Balaban J connectivity index is 1.27. The molecule has 1 N–H and O–H groups in total. The molecule has 1 fully saturated rings. The lowest BCUT2D eigenvalue weighted by Gasteiger charge is -2.34. The molecular weight excluding hydrogens is 438 g/mol. The van der Waals surface area contributed by atoms with Crippen LogP contribution in [0, 0.1) is 13.8 Å². The van der Waals surface area contributed by atoms with Crippen LogP contribution in [-0.4, -0.2) is 55.6 Å². The highest BCUT2D eigenvalue weighted by atomic mass is 32.2. The van der Waals surface area contributed by atoms with Crippen molar-refractivity contribution in [3.8, 4) is 0 Å². The van der Waals surface area contributed by atoms with Gasteiger partial charge in [0.1, 0.15) is 0 Å². The number of piperazine rings is 1. The Bertz CT molecular complexity index is 1150. The first-order valence-corrected chi connectivity index (χ1v) is 12.9. The normalized spacial score (nSPS) is 18.7. The molecule has 0 radical (unpaired) electrons. The summed E-state index contributed by atoms with van der Waals surface area (Å²) in [6, 6.07) is 13.5. The highest BCUT2D eigenvalue weighted by molar-refractivity contribution is 7.89. The minimum Gasteiger partial charge on any atom is -0.349 e. The molecule has 0 saturated carbocycles. The first-order chi connectivity index (χ1) is 15.8. The summed E-state index contributed by atoms with van der Waals surface area (Å²) in [5, 5.41) is 3.05. The molecule has 1 aliphatic carbocycles. The molecule has 0 spiro atoms. The quantitative estimate of drug-likeness (QED) is 0.705. The van der Waals surface area contributed by atoms with Crippen molar-refractivity contribution in [2.75, 3.05) is 26.2 Å². The van der Waals surface area contributed by atoms with Crippen LogP contribution in [0.2, 0.25) is 0 Å². The van der Waals surface area contributed by atoms with E-state index in [1.165, 1.54) is 15.4 Å². The SMILES string of the molecule is Cc1ccc(C)c(S(=O)(=O)N2CCN(C(=O)CCC(=O)N[C@@H]3CCc4ccccc43)CC2)c1. The van der Waals surface area contributed by atoms with Gasteiger partial charge in [-0.15, -0.1) is 0 Å². The largest absolute Gasteiger partial charge is 0.349 e. The molecule has 33 heavy (non-hydrogen) atoms. The zero-order valence-corrected chi connectivity index (χ0v) is 20.0. The highest BCUT2D eigenvalue weighted by Crippen LogP contribution is 2.30. The van der Waals surface area contributed by atoms with E-state index in [1.807, 2.05) is 37.3 Å². The average molecular weight is 470 g/mol. The van der Waals surface area contributed by atoms with Gasteiger partial charge in [-0.25, -0.2) is 8.42 Å². The van der Waals surface area contributed by atoms with Gasteiger partial charge in [-0.2, -0.15) is 4.31 Å². The Labute approximate surface area is 195 Å². The predicted octanol–water partition coefficient (Wildman–Crippen LogP) is 2.72. The van der Waals surface area contributed by atoms with Crippen LogP contribution in [0.5, 0.6) is 0 Å². The molecule has 8 heteroatoms. The third kappa shape index (κ3) is 5.12. The van der Waals surface area contributed by atoms with Crippen molar-refractivity contribution < 1.29 is 18.0 Å². The van der Waals surface area contributed by atoms with E-state index in [-0.39, 0.29) is 43.8 Å². The van der Waals surface area contributed by atoms with Crippen molar-refractivity contribution >= 4 is 21.8 Å². The number of sulfonamides is 1. The molecule has 2 amide bonds. The molecule has 1 saturated heterocycles. The number of hydrogen-bond acceptors (Lipinski definition) is 4. The number of carbonyl (C=O) groups is 2. The van der Waals surface area contributed by atoms with Gasteiger partial charge < -0.3 is 10.2 Å². The van der Waals surface area contributed by atoms with E-state index >= 15 is 0 Å². The Hall–Kier alpha value is -2.71. The molecule has 4 rings (SSSR count). The summed E-state index contributed by atoms with van der Waals surface area (Å²) in [5.74, 6) is -0.234. The van der Waals surface area contributed by atoms with E-state index in [2.05, 4.69) is 11.4 Å². The summed E-state index contributed by atoms with van der Waals surface area (Å²) >= 11 is 0. The third-order valence-corrected chi connectivity index (χ3v) is 8.63. The number of hydrogen-bond donors (Lipinski definition) is 1. The van der Waals surface area contributed by atoms with E-state index in [0.717, 1.165) is 24.0 Å². The van der Waals surface area contributed by atoms with Gasteiger partial charge in [0.05, 0.1) is 10.9 Å². The number of aryl methyl sites for hydroxylation is 3. The van der Waals surface area contributed by atoms with Crippen LogP contribution in [0.1, 0.15) is 47.6 Å². The Morgan fingerprint density at radius 3 is 2.48 bits per heavy atom. The molecule has 0 aromatic heterocycles. The number of rotatable bonds is 6. The summed E-state index contributed by atoms with van der Waals surface area (Å²) in [6.07, 6.45) is 2.10. The Kier molecular flexibility index (Phi) is 6.86. The van der Waals surface area contributed by atoms with Crippen LogP contribution in [0.3, 0.4) is 0 Å². The first kappa shape index (κ1) is 23.4. The molecule has 2 aromatic rings. The number of amides is 2. The molecule has 7 nitrogen and oxygen atoms in total. The zero-order chi connectivity index (χ0) is 23.6. The fraction of sp³-hybridized carbons (Fsp3) is 0.440. The van der Waals surface area contributed by atoms with Crippen LogP contribution < -0.4 is 5.32 Å². The number of benzene rings is 2. The van der Waals surface area contributed by atoms with Crippen molar-refractivity contribution in [1.82, 2.24) is 14.5 Å². The van der Waals surface area contributed by atoms with Gasteiger partial charge in [-0.3, -0.25) is 9.59 Å². The standard InChI is InChI=1S/C25H31N3O4S/c1-18-7-8-19(2)23(17-18)33(31,32)28-15-13-27(14-16-28)25(30)12-11-24(29)26-22-10-9-20-5-3-4-6-21(20)22/h3-8,17,22H,9-16H2,1-2H3,(H,26,29)/t22-/m1/s1. The van der Waals surface area contributed by atoms with Gasteiger partial charge in [-0.1, -0.05) is 36.4 Å². The number of nitrogens with zero attached hydrogens (tertiary/aromatic N) is 2. The Morgan fingerprint density at radius 1 is 1.00 bits per heavy atom. The van der Waals surface area contributed by atoms with Gasteiger partial charge >= 0.3 is 0 Å². The third-order valence-electron chi connectivity index (χ3n) is 6.59. The topological polar surface area (TPSA) is 86.8 Å². The summed E-state index contributed by atoms with van der Waals surface area (Å²) in [4.78, 5) is 27.1. The lowest BCUT2D eigenvalue weighted by Crippen LogP contribution is -2.50. The fourth-order valence-corrected chi connectivity index (χ4v) is 6.39. The van der Waals surface area contributed by atoms with Crippen molar-refractivity contribution in [2.45, 2.75) is 50.5 Å². The van der Waals surface area contributed by atoms with Crippen molar-refractivity contribution in [1.29, 1.82) is 0 Å². The molecule has 0 unspecified atom stereocenters. The highest BCUT2D eigenvalue weighted by Gasteiger charge is 2.31. The molecule has 1 aliphatic heterocycles. The second-order valence-corrected chi connectivity index (χ2v) is 10.8. The average Bonchev–Trinajstić information content (AvgIpc) is 3.22. The minimum atomic E-state index is -3.60. The molecular formula is C25H31N3O4S. The minimum absolute atomic E-state index is 0.0163. The molecule has 2 aliphatic rings. The maximum absolute atomic E-state index is 13.1. The molecule has 176 valence electrons. The van der Waals surface area contributed by atoms with E-state index in [9.17, 15) is 18.0 Å². The van der Waals surface area contributed by atoms with E-state index in [0.29, 0.717) is 18.0 Å². The molecule has 1 heterocycles.